The highest BCUT2D eigenvalue weighted by Gasteiger charge is 2.56. The number of rotatable bonds is 3. The maximum absolute atomic E-state index is 12.4. The summed E-state index contributed by atoms with van der Waals surface area (Å²) < 4.78 is 25.5. The van der Waals surface area contributed by atoms with E-state index in [1.54, 1.807) is 10.9 Å². The van der Waals surface area contributed by atoms with Crippen LogP contribution in [0.1, 0.15) is 47.3 Å². The lowest BCUT2D eigenvalue weighted by Crippen LogP contribution is -2.33. The predicted molar refractivity (Wildman–Crippen MR) is 97.9 cm³/mol. The second kappa shape index (κ2) is 6.36. The van der Waals surface area contributed by atoms with Crippen LogP contribution in [0.15, 0.2) is 12.7 Å². The molecule has 4 atom stereocenters. The van der Waals surface area contributed by atoms with E-state index in [1.165, 1.54) is 6.33 Å². The van der Waals surface area contributed by atoms with E-state index in [0.29, 0.717) is 11.2 Å². The van der Waals surface area contributed by atoms with Crippen LogP contribution in [0, 0.1) is 0 Å². The molecule has 0 aliphatic carbocycles. The zero-order chi connectivity index (χ0) is 20.3. The minimum Gasteiger partial charge on any atom is -0.460 e. The number of nitrogens with zero attached hydrogens (tertiary/aromatic N) is 4. The van der Waals surface area contributed by atoms with Gasteiger partial charge in [0.15, 0.2) is 23.5 Å². The van der Waals surface area contributed by atoms with Crippen molar-refractivity contribution in [3.05, 3.63) is 12.7 Å². The molecule has 10 heteroatoms. The molecule has 0 spiro atoms. The van der Waals surface area contributed by atoms with Gasteiger partial charge in [0.25, 0.3) is 0 Å². The number of aromatic nitrogens is 4. The number of nitrogens with two attached hydrogens (primary N) is 1. The van der Waals surface area contributed by atoms with E-state index in [0.717, 1.165) is 0 Å². The third-order valence-electron chi connectivity index (χ3n) is 4.57. The van der Waals surface area contributed by atoms with Crippen molar-refractivity contribution >= 4 is 23.0 Å². The standard InChI is InChI=1S/C18H25N5O5/c1-17(2,3)26-10(24)6-9-12-13(28-18(4,5)27-12)16(25-9)23-8-22-11-14(19)20-7-21-15(11)23/h7-9,12-13,16H,6H2,1-5H3,(H2,19,20,21)/t9-,12-,13-,16-/m1/s1. The molecule has 2 aromatic rings. The van der Waals surface area contributed by atoms with Crippen molar-refractivity contribution in [3.8, 4) is 0 Å². The number of ether oxygens (including phenoxy) is 4. The van der Waals surface area contributed by atoms with Gasteiger partial charge in [-0.2, -0.15) is 0 Å². The van der Waals surface area contributed by atoms with E-state index < -0.39 is 35.9 Å². The Kier molecular flexibility index (Phi) is 4.32. The molecule has 2 aliphatic heterocycles. The minimum absolute atomic E-state index is 0.0537. The van der Waals surface area contributed by atoms with Crippen LogP contribution in [-0.4, -0.2) is 55.2 Å². The highest BCUT2D eigenvalue weighted by atomic mass is 16.8. The molecule has 4 rings (SSSR count). The molecule has 152 valence electrons. The first kappa shape index (κ1) is 19.0. The lowest BCUT2D eigenvalue weighted by molar-refractivity contribution is -0.200. The van der Waals surface area contributed by atoms with E-state index in [4.69, 9.17) is 24.7 Å². The summed E-state index contributed by atoms with van der Waals surface area (Å²) in [4.78, 5) is 24.9. The van der Waals surface area contributed by atoms with E-state index in [1.807, 2.05) is 34.6 Å². The van der Waals surface area contributed by atoms with Gasteiger partial charge in [-0.15, -0.1) is 0 Å². The predicted octanol–water partition coefficient (Wildman–Crippen LogP) is 1.56. The van der Waals surface area contributed by atoms with Gasteiger partial charge in [0.2, 0.25) is 0 Å². The molecule has 0 bridgehead atoms. The van der Waals surface area contributed by atoms with Gasteiger partial charge in [0, 0.05) is 0 Å². The van der Waals surface area contributed by atoms with Crippen molar-refractivity contribution in [2.24, 2.45) is 0 Å². The van der Waals surface area contributed by atoms with Gasteiger partial charge in [-0.25, -0.2) is 15.0 Å². The number of nitrogen functional groups attached to an aromatic ring is 1. The van der Waals surface area contributed by atoms with Crippen molar-refractivity contribution in [2.45, 2.75) is 77.0 Å². The number of hydrogen-bond acceptors (Lipinski definition) is 9. The zero-order valence-corrected chi connectivity index (χ0v) is 16.6. The van der Waals surface area contributed by atoms with Crippen molar-refractivity contribution in [2.75, 3.05) is 5.73 Å². The molecular weight excluding hydrogens is 366 g/mol. The summed E-state index contributed by atoms with van der Waals surface area (Å²) in [7, 11) is 0. The van der Waals surface area contributed by atoms with Crippen molar-refractivity contribution in [1.29, 1.82) is 0 Å². The number of anilines is 1. The van der Waals surface area contributed by atoms with E-state index in [9.17, 15) is 4.79 Å². The Labute approximate surface area is 162 Å². The Hall–Kier alpha value is -2.30. The summed E-state index contributed by atoms with van der Waals surface area (Å²) in [5.41, 5.74) is 6.32. The first-order valence-electron chi connectivity index (χ1n) is 9.20. The number of esters is 1. The van der Waals surface area contributed by atoms with Crippen LogP contribution < -0.4 is 5.73 Å². The second-order valence-corrected chi connectivity index (χ2v) is 8.50. The van der Waals surface area contributed by atoms with Gasteiger partial charge in [-0.1, -0.05) is 0 Å². The van der Waals surface area contributed by atoms with E-state index in [-0.39, 0.29) is 18.2 Å². The lowest BCUT2D eigenvalue weighted by atomic mass is 10.1. The average Bonchev–Trinajstić information content (AvgIpc) is 3.18. The molecular formula is C18H25N5O5. The smallest absolute Gasteiger partial charge is 0.309 e. The van der Waals surface area contributed by atoms with Crippen LogP contribution in [0.25, 0.3) is 11.2 Å². The third kappa shape index (κ3) is 3.43. The number of hydrogen-bond donors (Lipinski definition) is 1. The number of carbonyl (C=O) groups is 1. The Morgan fingerprint density at radius 3 is 2.68 bits per heavy atom. The Balaban J connectivity index is 1.63. The van der Waals surface area contributed by atoms with Crippen LogP contribution in [0.3, 0.4) is 0 Å². The van der Waals surface area contributed by atoms with Gasteiger partial charge in [0.05, 0.1) is 18.9 Å². The van der Waals surface area contributed by atoms with Gasteiger partial charge < -0.3 is 24.7 Å². The molecule has 2 fully saturated rings. The fraction of sp³-hybridized carbons (Fsp3) is 0.667. The highest BCUT2D eigenvalue weighted by Crippen LogP contribution is 2.44. The van der Waals surface area contributed by atoms with Crippen molar-refractivity contribution in [3.63, 3.8) is 0 Å². The summed E-state index contributed by atoms with van der Waals surface area (Å²) in [6.07, 6.45) is 1.05. The monoisotopic (exact) mass is 391 g/mol. The second-order valence-electron chi connectivity index (χ2n) is 8.50. The quantitative estimate of drug-likeness (QED) is 0.776. The molecule has 2 N–H and O–H groups in total. The molecule has 28 heavy (non-hydrogen) atoms. The molecule has 0 saturated carbocycles. The van der Waals surface area contributed by atoms with Crippen LogP contribution in [0.5, 0.6) is 0 Å². The van der Waals surface area contributed by atoms with Crippen molar-refractivity contribution in [1.82, 2.24) is 19.5 Å². The van der Waals surface area contributed by atoms with Crippen LogP contribution >= 0.6 is 0 Å². The molecule has 2 saturated heterocycles. The Morgan fingerprint density at radius 2 is 1.96 bits per heavy atom. The van der Waals surface area contributed by atoms with Crippen LogP contribution in [-0.2, 0) is 23.7 Å². The molecule has 2 aliphatic rings. The minimum atomic E-state index is -0.798. The zero-order valence-electron chi connectivity index (χ0n) is 16.6. The molecule has 0 unspecified atom stereocenters. The van der Waals surface area contributed by atoms with Crippen molar-refractivity contribution < 1.29 is 23.7 Å². The fourth-order valence-corrected chi connectivity index (χ4v) is 3.65. The molecule has 2 aromatic heterocycles. The largest absolute Gasteiger partial charge is 0.460 e. The summed E-state index contributed by atoms with van der Waals surface area (Å²) >= 11 is 0. The maximum atomic E-state index is 12.4. The van der Waals surface area contributed by atoms with E-state index in [2.05, 4.69) is 15.0 Å². The van der Waals surface area contributed by atoms with Crippen LogP contribution in [0.4, 0.5) is 5.82 Å². The molecule has 0 amide bonds. The SMILES string of the molecule is CC(C)(C)OC(=O)C[C@H]1O[C@@H](n2cnc3c(N)ncnc32)[C@@H]2OC(C)(C)O[C@@H]21. The number of carbonyl (C=O) groups excluding carboxylic acids is 1. The molecule has 4 heterocycles. The lowest BCUT2D eigenvalue weighted by Gasteiger charge is -2.25. The first-order valence-corrected chi connectivity index (χ1v) is 9.20. The summed E-state index contributed by atoms with van der Waals surface area (Å²) in [5, 5.41) is 0. The molecule has 0 radical (unpaired) electrons. The first-order chi connectivity index (χ1) is 13.0. The van der Waals surface area contributed by atoms with Gasteiger partial charge >= 0.3 is 5.97 Å². The maximum Gasteiger partial charge on any atom is 0.309 e. The molecule has 0 aromatic carbocycles. The number of imidazole rings is 1. The van der Waals surface area contributed by atoms with Crippen LogP contribution in [0.2, 0.25) is 0 Å². The normalized spacial score (nSPS) is 29.2. The van der Waals surface area contributed by atoms with Gasteiger partial charge in [-0.3, -0.25) is 9.36 Å². The Bertz CT molecular complexity index is 905. The summed E-state index contributed by atoms with van der Waals surface area (Å²) in [6, 6.07) is 0. The van der Waals surface area contributed by atoms with Gasteiger partial charge in [0.1, 0.15) is 29.7 Å². The summed E-state index contributed by atoms with van der Waals surface area (Å²) in [6.45, 7) is 9.14. The average molecular weight is 391 g/mol. The highest BCUT2D eigenvalue weighted by molar-refractivity contribution is 5.81. The molecule has 10 nitrogen and oxygen atoms in total. The number of fused-ring (bicyclic) bond motifs is 2. The van der Waals surface area contributed by atoms with E-state index >= 15 is 0 Å². The fourth-order valence-electron chi connectivity index (χ4n) is 3.65. The van der Waals surface area contributed by atoms with Gasteiger partial charge in [-0.05, 0) is 34.6 Å². The summed E-state index contributed by atoms with van der Waals surface area (Å²) in [5.74, 6) is -0.867. The topological polar surface area (TPSA) is 124 Å². The Morgan fingerprint density at radius 1 is 1.25 bits per heavy atom. The third-order valence-corrected chi connectivity index (χ3v) is 4.57.